The first-order valence-electron chi connectivity index (χ1n) is 9.86. The van der Waals surface area contributed by atoms with Gasteiger partial charge in [-0.3, -0.25) is 9.59 Å². The van der Waals surface area contributed by atoms with E-state index in [1.165, 1.54) is 26.4 Å². The lowest BCUT2D eigenvalue weighted by atomic mass is 10.0. The highest BCUT2D eigenvalue weighted by molar-refractivity contribution is 6.15. The summed E-state index contributed by atoms with van der Waals surface area (Å²) in [6.45, 7) is -0.0312. The largest absolute Gasteiger partial charge is 0.497 e. The van der Waals surface area contributed by atoms with Gasteiger partial charge in [0.15, 0.2) is 11.8 Å². The van der Waals surface area contributed by atoms with Gasteiger partial charge in [0.05, 0.1) is 19.8 Å². The third kappa shape index (κ3) is 5.51. The average Bonchev–Trinajstić information content (AvgIpc) is 2.85. The number of ether oxygens (including phenoxy) is 3. The molecular formula is C25H23NO6. The number of esters is 1. The molecule has 0 bridgehead atoms. The molecule has 0 saturated carbocycles. The first kappa shape index (κ1) is 22.6. The van der Waals surface area contributed by atoms with E-state index in [1.807, 2.05) is 18.2 Å². The molecule has 0 heterocycles. The SMILES string of the molecule is COc1ccc(C(=O)C(NC(=O)c2ccccc2OC)C(=O)OCc2ccccc2)cc1. The van der Waals surface area contributed by atoms with E-state index >= 15 is 0 Å². The van der Waals surface area contributed by atoms with E-state index in [2.05, 4.69) is 5.32 Å². The van der Waals surface area contributed by atoms with Crippen molar-refractivity contribution in [2.24, 2.45) is 0 Å². The number of ketones is 1. The highest BCUT2D eigenvalue weighted by Gasteiger charge is 2.32. The van der Waals surface area contributed by atoms with Gasteiger partial charge in [-0.1, -0.05) is 42.5 Å². The van der Waals surface area contributed by atoms with Crippen LogP contribution in [0.15, 0.2) is 78.9 Å². The third-order valence-corrected chi connectivity index (χ3v) is 4.72. The summed E-state index contributed by atoms with van der Waals surface area (Å²) in [6.07, 6.45) is 0. The van der Waals surface area contributed by atoms with Crippen LogP contribution < -0.4 is 14.8 Å². The van der Waals surface area contributed by atoms with E-state index in [0.29, 0.717) is 11.5 Å². The molecule has 0 aliphatic heterocycles. The lowest BCUT2D eigenvalue weighted by Crippen LogP contribution is -2.47. The number of nitrogens with one attached hydrogen (secondary N) is 1. The number of amides is 1. The molecule has 1 atom stereocenters. The zero-order valence-electron chi connectivity index (χ0n) is 17.7. The Bertz CT molecular complexity index is 1080. The second kappa shape index (κ2) is 10.8. The summed E-state index contributed by atoms with van der Waals surface area (Å²) in [4.78, 5) is 38.9. The number of carbonyl (C=O) groups excluding carboxylic acids is 3. The van der Waals surface area contributed by atoms with Crippen molar-refractivity contribution in [3.05, 3.63) is 95.6 Å². The molecule has 1 unspecified atom stereocenters. The Kier molecular flexibility index (Phi) is 7.59. The molecular weight excluding hydrogens is 410 g/mol. The maximum absolute atomic E-state index is 13.1. The molecule has 0 aromatic heterocycles. The van der Waals surface area contributed by atoms with Gasteiger partial charge in [0.1, 0.15) is 18.1 Å². The molecule has 0 aliphatic carbocycles. The summed E-state index contributed by atoms with van der Waals surface area (Å²) in [5, 5.41) is 2.50. The number of rotatable bonds is 9. The summed E-state index contributed by atoms with van der Waals surface area (Å²) in [7, 11) is 2.94. The summed E-state index contributed by atoms with van der Waals surface area (Å²) in [5.74, 6) is -1.22. The molecule has 3 rings (SSSR count). The van der Waals surface area contributed by atoms with Gasteiger partial charge in [-0.2, -0.15) is 0 Å². The number of Topliss-reactive ketones (excluding diaryl/α,β-unsaturated/α-hetero) is 1. The molecule has 164 valence electrons. The van der Waals surface area contributed by atoms with Crippen molar-refractivity contribution in [1.82, 2.24) is 5.32 Å². The van der Waals surface area contributed by atoms with Crippen molar-refractivity contribution in [1.29, 1.82) is 0 Å². The van der Waals surface area contributed by atoms with Gasteiger partial charge in [0.25, 0.3) is 5.91 Å². The van der Waals surface area contributed by atoms with Crippen LogP contribution in [0.2, 0.25) is 0 Å². The summed E-state index contributed by atoms with van der Waals surface area (Å²) >= 11 is 0. The fourth-order valence-corrected chi connectivity index (χ4v) is 3.01. The van der Waals surface area contributed by atoms with Gasteiger partial charge in [-0.05, 0) is 42.0 Å². The molecule has 3 aromatic rings. The minimum atomic E-state index is -1.54. The van der Waals surface area contributed by atoms with Gasteiger partial charge in [-0.25, -0.2) is 4.79 Å². The van der Waals surface area contributed by atoms with Crippen LogP contribution >= 0.6 is 0 Å². The number of benzene rings is 3. The predicted octanol–water partition coefficient (Wildman–Crippen LogP) is 3.43. The smallest absolute Gasteiger partial charge is 0.337 e. The van der Waals surface area contributed by atoms with Gasteiger partial charge >= 0.3 is 5.97 Å². The van der Waals surface area contributed by atoms with Crippen LogP contribution in [0, 0.1) is 0 Å². The minimum Gasteiger partial charge on any atom is -0.497 e. The van der Waals surface area contributed by atoms with E-state index in [1.54, 1.807) is 48.5 Å². The Labute approximate surface area is 185 Å². The Morgan fingerprint density at radius 3 is 2.12 bits per heavy atom. The van der Waals surface area contributed by atoms with Gasteiger partial charge in [0.2, 0.25) is 0 Å². The molecule has 1 N–H and O–H groups in total. The van der Waals surface area contributed by atoms with Crippen LogP contribution in [0.4, 0.5) is 0 Å². The van der Waals surface area contributed by atoms with Crippen molar-refractivity contribution in [3.8, 4) is 11.5 Å². The maximum atomic E-state index is 13.1. The van der Waals surface area contributed by atoms with Crippen LogP contribution in [0.25, 0.3) is 0 Å². The topological polar surface area (TPSA) is 90.9 Å². The predicted molar refractivity (Wildman–Crippen MR) is 118 cm³/mol. The number of hydrogen-bond acceptors (Lipinski definition) is 6. The summed E-state index contributed by atoms with van der Waals surface area (Å²) in [6, 6.07) is 20.3. The van der Waals surface area contributed by atoms with E-state index < -0.39 is 23.7 Å². The molecule has 0 aliphatic rings. The second-order valence-corrected chi connectivity index (χ2v) is 6.79. The van der Waals surface area contributed by atoms with E-state index in [4.69, 9.17) is 14.2 Å². The van der Waals surface area contributed by atoms with Crippen molar-refractivity contribution in [2.45, 2.75) is 12.6 Å². The Hall–Kier alpha value is -4.13. The van der Waals surface area contributed by atoms with Crippen LogP contribution in [0.3, 0.4) is 0 Å². The zero-order chi connectivity index (χ0) is 22.9. The Balaban J connectivity index is 1.84. The first-order valence-corrected chi connectivity index (χ1v) is 9.86. The number of methoxy groups -OCH3 is 2. The lowest BCUT2D eigenvalue weighted by Gasteiger charge is -2.18. The molecule has 0 radical (unpaired) electrons. The summed E-state index contributed by atoms with van der Waals surface area (Å²) in [5.41, 5.74) is 1.18. The molecule has 3 aromatic carbocycles. The van der Waals surface area contributed by atoms with E-state index in [-0.39, 0.29) is 17.7 Å². The van der Waals surface area contributed by atoms with E-state index in [0.717, 1.165) is 5.56 Å². The normalized spacial score (nSPS) is 11.2. The fourth-order valence-electron chi connectivity index (χ4n) is 3.01. The Morgan fingerprint density at radius 2 is 1.47 bits per heavy atom. The van der Waals surface area contributed by atoms with Crippen molar-refractivity contribution < 1.29 is 28.6 Å². The molecule has 7 nitrogen and oxygen atoms in total. The first-order chi connectivity index (χ1) is 15.5. The molecule has 7 heteroatoms. The van der Waals surface area contributed by atoms with Gasteiger partial charge in [-0.15, -0.1) is 0 Å². The zero-order valence-corrected chi connectivity index (χ0v) is 17.7. The van der Waals surface area contributed by atoms with Crippen molar-refractivity contribution >= 4 is 17.7 Å². The number of hydrogen-bond donors (Lipinski definition) is 1. The van der Waals surface area contributed by atoms with Crippen LogP contribution in [-0.2, 0) is 16.1 Å². The quantitative estimate of drug-likeness (QED) is 0.316. The number of para-hydroxylation sites is 1. The van der Waals surface area contributed by atoms with Crippen molar-refractivity contribution in [2.75, 3.05) is 14.2 Å². The average molecular weight is 433 g/mol. The molecule has 32 heavy (non-hydrogen) atoms. The van der Waals surface area contributed by atoms with Crippen LogP contribution in [0.1, 0.15) is 26.3 Å². The maximum Gasteiger partial charge on any atom is 0.337 e. The molecule has 0 fully saturated rings. The monoisotopic (exact) mass is 433 g/mol. The van der Waals surface area contributed by atoms with Crippen molar-refractivity contribution in [3.63, 3.8) is 0 Å². The fraction of sp³-hybridized carbons (Fsp3) is 0.160. The highest BCUT2D eigenvalue weighted by Crippen LogP contribution is 2.18. The molecule has 1 amide bonds. The van der Waals surface area contributed by atoms with E-state index in [9.17, 15) is 14.4 Å². The highest BCUT2D eigenvalue weighted by atomic mass is 16.5. The van der Waals surface area contributed by atoms with Gasteiger partial charge in [0, 0.05) is 5.56 Å². The van der Waals surface area contributed by atoms with Crippen LogP contribution in [-0.4, -0.2) is 37.9 Å². The minimum absolute atomic E-state index is 0.0312. The second-order valence-electron chi connectivity index (χ2n) is 6.79. The Morgan fingerprint density at radius 1 is 0.812 bits per heavy atom. The molecule has 0 spiro atoms. The third-order valence-electron chi connectivity index (χ3n) is 4.72. The lowest BCUT2D eigenvalue weighted by molar-refractivity contribution is -0.145. The van der Waals surface area contributed by atoms with Crippen LogP contribution in [0.5, 0.6) is 11.5 Å². The molecule has 0 saturated heterocycles. The summed E-state index contributed by atoms with van der Waals surface area (Å²) < 4.78 is 15.7. The van der Waals surface area contributed by atoms with Gasteiger partial charge < -0.3 is 19.5 Å². The standard InChI is InChI=1S/C25H23NO6/c1-30-19-14-12-18(13-15-19)23(27)22(25(29)32-16-17-8-4-3-5-9-17)26-24(28)20-10-6-7-11-21(20)31-2/h3-15,22H,16H2,1-2H3,(H,26,28). The number of carbonyl (C=O) groups is 3.